The number of piperidine rings is 1. The Morgan fingerprint density at radius 3 is 2.85 bits per heavy atom. The van der Waals surface area contributed by atoms with Gasteiger partial charge in [-0.05, 0) is 44.4 Å². The van der Waals surface area contributed by atoms with E-state index in [2.05, 4.69) is 22.1 Å². The molecule has 0 unspecified atom stereocenters. The Hall–Kier alpha value is -1.66. The first-order valence-electron chi connectivity index (χ1n) is 6.80. The number of carbonyl (C=O) groups excluding carboxylic acids is 1. The zero-order valence-electron chi connectivity index (χ0n) is 11.5. The number of aromatic amines is 1. The molecule has 3 heterocycles. The van der Waals surface area contributed by atoms with Crippen molar-refractivity contribution in [1.82, 2.24) is 15.1 Å². The lowest BCUT2D eigenvalue weighted by molar-refractivity contribution is 0.0963. The molecular formula is C14H18N4OS. The number of aromatic nitrogens is 2. The second-order valence-electron chi connectivity index (χ2n) is 5.15. The molecule has 5 nitrogen and oxygen atoms in total. The fourth-order valence-corrected chi connectivity index (χ4v) is 3.25. The first-order chi connectivity index (χ1) is 9.75. The van der Waals surface area contributed by atoms with Crippen LogP contribution in [-0.2, 0) is 0 Å². The first-order valence-corrected chi connectivity index (χ1v) is 7.74. The number of rotatable bonds is 3. The number of anilines is 1. The minimum absolute atomic E-state index is 0.0490. The van der Waals surface area contributed by atoms with Crippen LogP contribution < -0.4 is 4.90 Å². The van der Waals surface area contributed by atoms with E-state index in [9.17, 15) is 4.79 Å². The number of amides is 1. The van der Waals surface area contributed by atoms with Crippen LogP contribution >= 0.6 is 11.3 Å². The molecule has 1 fully saturated rings. The molecule has 0 spiro atoms. The Kier molecular flexibility index (Phi) is 3.84. The second kappa shape index (κ2) is 5.76. The molecule has 1 saturated heterocycles. The van der Waals surface area contributed by atoms with Crippen LogP contribution in [0.25, 0.3) is 0 Å². The van der Waals surface area contributed by atoms with Crippen molar-refractivity contribution in [2.24, 2.45) is 0 Å². The van der Waals surface area contributed by atoms with Crippen molar-refractivity contribution in [1.29, 1.82) is 0 Å². The molecule has 1 aliphatic rings. The Morgan fingerprint density at radius 2 is 2.25 bits per heavy atom. The largest absolute Gasteiger partial charge is 0.306 e. The van der Waals surface area contributed by atoms with Gasteiger partial charge in [-0.25, -0.2) is 0 Å². The lowest BCUT2D eigenvalue weighted by atomic mass is 10.0. The van der Waals surface area contributed by atoms with Gasteiger partial charge in [0, 0.05) is 23.7 Å². The summed E-state index contributed by atoms with van der Waals surface area (Å²) in [7, 11) is 2.12. The van der Waals surface area contributed by atoms with Crippen molar-refractivity contribution in [3.8, 4) is 0 Å². The molecule has 0 radical (unpaired) electrons. The summed E-state index contributed by atoms with van der Waals surface area (Å²) in [5.41, 5.74) is 0.747. The van der Waals surface area contributed by atoms with Crippen molar-refractivity contribution in [3.05, 3.63) is 34.7 Å². The minimum Gasteiger partial charge on any atom is -0.306 e. The van der Waals surface area contributed by atoms with Crippen LogP contribution in [0.15, 0.2) is 29.1 Å². The second-order valence-corrected chi connectivity index (χ2v) is 5.93. The van der Waals surface area contributed by atoms with Crippen LogP contribution in [0, 0.1) is 0 Å². The number of hydrogen-bond donors (Lipinski definition) is 1. The highest BCUT2D eigenvalue weighted by molar-refractivity contribution is 7.08. The SMILES string of the molecule is CN1CCC(N(C(=O)c2ccsc2)c2cc[nH]n2)CC1. The van der Waals surface area contributed by atoms with Crippen molar-refractivity contribution in [2.75, 3.05) is 25.0 Å². The van der Waals surface area contributed by atoms with E-state index < -0.39 is 0 Å². The van der Waals surface area contributed by atoms with Crippen LogP contribution in [0.4, 0.5) is 5.82 Å². The van der Waals surface area contributed by atoms with E-state index in [-0.39, 0.29) is 11.9 Å². The summed E-state index contributed by atoms with van der Waals surface area (Å²) in [5, 5.41) is 10.9. The lowest BCUT2D eigenvalue weighted by Crippen LogP contribution is -2.47. The molecule has 2 aromatic rings. The van der Waals surface area contributed by atoms with E-state index in [0.717, 1.165) is 37.3 Å². The van der Waals surface area contributed by atoms with Gasteiger partial charge in [0.2, 0.25) is 0 Å². The predicted molar refractivity (Wildman–Crippen MR) is 80.2 cm³/mol. The summed E-state index contributed by atoms with van der Waals surface area (Å²) in [6, 6.07) is 3.96. The molecule has 20 heavy (non-hydrogen) atoms. The summed E-state index contributed by atoms with van der Waals surface area (Å²) < 4.78 is 0. The van der Waals surface area contributed by atoms with Gasteiger partial charge >= 0.3 is 0 Å². The number of nitrogens with zero attached hydrogens (tertiary/aromatic N) is 3. The number of hydrogen-bond acceptors (Lipinski definition) is 4. The van der Waals surface area contributed by atoms with Crippen molar-refractivity contribution in [2.45, 2.75) is 18.9 Å². The number of carbonyl (C=O) groups is 1. The number of thiophene rings is 1. The lowest BCUT2D eigenvalue weighted by Gasteiger charge is -2.36. The molecule has 1 amide bonds. The summed E-state index contributed by atoms with van der Waals surface area (Å²) in [6.45, 7) is 2.03. The van der Waals surface area contributed by atoms with Crippen molar-refractivity contribution in [3.63, 3.8) is 0 Å². The van der Waals surface area contributed by atoms with Gasteiger partial charge < -0.3 is 4.90 Å². The van der Waals surface area contributed by atoms with Crippen molar-refractivity contribution >= 4 is 23.1 Å². The fourth-order valence-electron chi connectivity index (χ4n) is 2.62. The van der Waals surface area contributed by atoms with Gasteiger partial charge in [-0.2, -0.15) is 16.4 Å². The normalized spacial score (nSPS) is 17.2. The maximum atomic E-state index is 12.8. The van der Waals surface area contributed by atoms with Gasteiger partial charge in [-0.3, -0.25) is 14.8 Å². The highest BCUT2D eigenvalue weighted by Gasteiger charge is 2.30. The quantitative estimate of drug-likeness (QED) is 0.943. The van der Waals surface area contributed by atoms with Gasteiger partial charge in [0.1, 0.15) is 0 Å². The van der Waals surface area contributed by atoms with Crippen LogP contribution in [0.1, 0.15) is 23.2 Å². The Balaban J connectivity index is 1.87. The van der Waals surface area contributed by atoms with E-state index in [0.29, 0.717) is 0 Å². The van der Waals surface area contributed by atoms with Gasteiger partial charge in [0.15, 0.2) is 5.82 Å². The summed E-state index contributed by atoms with van der Waals surface area (Å²) in [6.07, 6.45) is 3.73. The van der Waals surface area contributed by atoms with Gasteiger partial charge in [0.05, 0.1) is 5.56 Å². The third-order valence-corrected chi connectivity index (χ3v) is 4.46. The molecule has 1 N–H and O–H groups in total. The molecule has 0 aliphatic carbocycles. The Labute approximate surface area is 122 Å². The van der Waals surface area contributed by atoms with Crippen LogP contribution in [-0.4, -0.2) is 47.2 Å². The average molecular weight is 290 g/mol. The smallest absolute Gasteiger partial charge is 0.260 e. The third kappa shape index (κ3) is 2.62. The number of nitrogens with one attached hydrogen (secondary N) is 1. The van der Waals surface area contributed by atoms with Gasteiger partial charge in [-0.1, -0.05) is 0 Å². The molecule has 0 bridgehead atoms. The Bertz CT molecular complexity index is 544. The van der Waals surface area contributed by atoms with E-state index in [1.807, 2.05) is 27.8 Å². The zero-order valence-corrected chi connectivity index (χ0v) is 12.3. The van der Waals surface area contributed by atoms with Gasteiger partial charge in [-0.15, -0.1) is 0 Å². The minimum atomic E-state index is 0.0490. The summed E-state index contributed by atoms with van der Waals surface area (Å²) in [4.78, 5) is 16.9. The van der Waals surface area contributed by atoms with E-state index in [1.165, 1.54) is 0 Å². The average Bonchev–Trinajstić information content (AvgIpc) is 3.13. The van der Waals surface area contributed by atoms with Crippen LogP contribution in [0.5, 0.6) is 0 Å². The van der Waals surface area contributed by atoms with Gasteiger partial charge in [0.25, 0.3) is 5.91 Å². The molecule has 0 aromatic carbocycles. The topological polar surface area (TPSA) is 52.2 Å². The molecule has 3 rings (SSSR count). The van der Waals surface area contributed by atoms with Crippen LogP contribution in [0.2, 0.25) is 0 Å². The number of likely N-dealkylation sites (tertiary alicyclic amines) is 1. The molecule has 0 saturated carbocycles. The molecule has 6 heteroatoms. The summed E-state index contributed by atoms with van der Waals surface area (Å²) in [5.74, 6) is 0.767. The van der Waals surface area contributed by atoms with E-state index in [4.69, 9.17) is 0 Å². The molecule has 2 aromatic heterocycles. The highest BCUT2D eigenvalue weighted by Crippen LogP contribution is 2.24. The monoisotopic (exact) mass is 290 g/mol. The Morgan fingerprint density at radius 1 is 1.45 bits per heavy atom. The molecular weight excluding hydrogens is 272 g/mol. The molecule has 0 atom stereocenters. The van der Waals surface area contributed by atoms with Crippen molar-refractivity contribution < 1.29 is 4.79 Å². The van der Waals surface area contributed by atoms with E-state index in [1.54, 1.807) is 17.5 Å². The summed E-state index contributed by atoms with van der Waals surface area (Å²) >= 11 is 1.55. The third-order valence-electron chi connectivity index (χ3n) is 3.77. The fraction of sp³-hybridized carbons (Fsp3) is 0.429. The molecule has 1 aliphatic heterocycles. The first kappa shape index (κ1) is 13.3. The van der Waals surface area contributed by atoms with Crippen LogP contribution in [0.3, 0.4) is 0 Å². The zero-order chi connectivity index (χ0) is 13.9. The highest BCUT2D eigenvalue weighted by atomic mass is 32.1. The predicted octanol–water partition coefficient (Wildman–Crippen LogP) is 2.21. The maximum Gasteiger partial charge on any atom is 0.260 e. The maximum absolute atomic E-state index is 12.8. The van der Waals surface area contributed by atoms with E-state index >= 15 is 0 Å². The number of H-pyrrole nitrogens is 1. The molecule has 106 valence electrons. The standard InChI is InChI=1S/C14H18N4OS/c1-17-7-3-12(4-8-17)18(13-2-6-15-16-13)14(19)11-5-9-20-10-11/h2,5-6,9-10,12H,3-4,7-8H2,1H3,(H,15,16).